The number of piperazine rings is 1. The Morgan fingerprint density at radius 3 is 2.49 bits per heavy atom. The van der Waals surface area contributed by atoms with Gasteiger partial charge in [0, 0.05) is 48.9 Å². The molecule has 1 amide bonds. The minimum atomic E-state index is -0.623. The number of esters is 1. The molecule has 0 saturated carbocycles. The van der Waals surface area contributed by atoms with Crippen LogP contribution < -0.4 is 14.5 Å². The second-order valence-electron chi connectivity index (χ2n) is 13.6. The highest BCUT2D eigenvalue weighted by Gasteiger charge is 2.36. The van der Waals surface area contributed by atoms with Gasteiger partial charge < -0.3 is 24.2 Å². The van der Waals surface area contributed by atoms with Gasteiger partial charge in [0.25, 0.3) is 0 Å². The van der Waals surface area contributed by atoms with Crippen molar-refractivity contribution in [1.82, 2.24) is 14.9 Å². The first-order valence-electron chi connectivity index (χ1n) is 15.3. The van der Waals surface area contributed by atoms with Crippen LogP contribution in [-0.2, 0) is 22.5 Å². The summed E-state index contributed by atoms with van der Waals surface area (Å²) in [4.78, 5) is 41.8. The van der Waals surface area contributed by atoms with Crippen molar-refractivity contribution in [2.24, 2.45) is 5.41 Å². The Hall–Kier alpha value is -4.04. The molecule has 0 radical (unpaired) electrons. The zero-order valence-corrected chi connectivity index (χ0v) is 28.0. The maximum Gasteiger partial charge on any atom is 0.410 e. The van der Waals surface area contributed by atoms with Gasteiger partial charge in [-0.2, -0.15) is 5.26 Å². The summed E-state index contributed by atoms with van der Waals surface area (Å²) in [6, 6.07) is 13.9. The lowest BCUT2D eigenvalue weighted by molar-refractivity contribution is -0.142. The Morgan fingerprint density at radius 2 is 1.80 bits per heavy atom. The molecule has 0 bridgehead atoms. The van der Waals surface area contributed by atoms with Crippen molar-refractivity contribution in [2.75, 3.05) is 42.2 Å². The maximum atomic E-state index is 13.0. The smallest absolute Gasteiger partial charge is 0.410 e. The second kappa shape index (κ2) is 12.8. The summed E-state index contributed by atoms with van der Waals surface area (Å²) in [5.74, 6) is 1.11. The molecule has 45 heavy (non-hydrogen) atoms. The third-order valence-electron chi connectivity index (χ3n) is 7.92. The molecule has 1 saturated heterocycles. The van der Waals surface area contributed by atoms with Gasteiger partial charge >= 0.3 is 12.1 Å². The van der Waals surface area contributed by atoms with E-state index in [-0.39, 0.29) is 18.4 Å². The summed E-state index contributed by atoms with van der Waals surface area (Å²) in [5.41, 5.74) is 1.78. The second-order valence-corrected chi connectivity index (χ2v) is 14.3. The van der Waals surface area contributed by atoms with E-state index < -0.39 is 17.1 Å². The lowest BCUT2D eigenvalue weighted by Crippen LogP contribution is -2.56. The summed E-state index contributed by atoms with van der Waals surface area (Å²) in [7, 11) is 0. The fourth-order valence-corrected chi connectivity index (χ4v) is 6.06. The molecule has 0 N–H and O–H groups in total. The van der Waals surface area contributed by atoms with Gasteiger partial charge in [0.2, 0.25) is 0 Å². The van der Waals surface area contributed by atoms with Crippen LogP contribution in [0.3, 0.4) is 0 Å². The van der Waals surface area contributed by atoms with E-state index in [1.165, 1.54) is 11.8 Å². The molecular weight excluding hydrogens is 588 g/mol. The minimum Gasteiger partial charge on any atom is -0.444 e. The number of nitrogens with zero attached hydrogens (tertiary/aromatic N) is 6. The molecule has 11 heteroatoms. The van der Waals surface area contributed by atoms with Crippen molar-refractivity contribution in [3.05, 3.63) is 47.7 Å². The van der Waals surface area contributed by atoms with Gasteiger partial charge in [-0.05, 0) is 65.7 Å². The highest BCUT2D eigenvalue weighted by atomic mass is 32.2. The van der Waals surface area contributed by atoms with Gasteiger partial charge in [0.05, 0.1) is 36.2 Å². The average Bonchev–Trinajstić information content (AvgIpc) is 2.98. The van der Waals surface area contributed by atoms with E-state index in [0.717, 1.165) is 46.5 Å². The lowest BCUT2D eigenvalue weighted by Gasteiger charge is -2.42. The van der Waals surface area contributed by atoms with E-state index in [1.54, 1.807) is 4.90 Å². The fraction of sp³-hybridized carbons (Fsp3) is 0.500. The number of aromatic nitrogens is 2. The number of thioether (sulfide) groups is 1. The standard InChI is InChI=1S/C34H42N6O4S/c1-33(2,3)30(41)43-24-18-22-10-8-9-11-25(22)28(19-24)38-15-13-26-27(21-38)36-31(45-7)37-29(26)39-16-17-40(23(20-39)12-14-35)32(42)44-34(4,5)6/h8-11,18-19,23H,12-13,15-17,20-21H2,1-7H3. The number of rotatable bonds is 5. The van der Waals surface area contributed by atoms with E-state index >= 15 is 0 Å². The zero-order valence-electron chi connectivity index (χ0n) is 27.2. The van der Waals surface area contributed by atoms with Crippen LogP contribution in [0, 0.1) is 16.7 Å². The molecule has 0 spiro atoms. The predicted octanol–water partition coefficient (Wildman–Crippen LogP) is 6.21. The number of carbonyl (C=O) groups excluding carboxylic acids is 2. The van der Waals surface area contributed by atoms with E-state index in [4.69, 9.17) is 19.4 Å². The number of ether oxygens (including phenoxy) is 2. The van der Waals surface area contributed by atoms with Crippen molar-refractivity contribution in [3.63, 3.8) is 0 Å². The monoisotopic (exact) mass is 630 g/mol. The van der Waals surface area contributed by atoms with E-state index in [2.05, 4.69) is 21.9 Å². The van der Waals surface area contributed by atoms with Crippen molar-refractivity contribution in [3.8, 4) is 11.8 Å². The van der Waals surface area contributed by atoms with Crippen LogP contribution in [0.4, 0.5) is 16.3 Å². The number of benzene rings is 2. The Morgan fingerprint density at radius 1 is 1.04 bits per heavy atom. The Labute approximate surface area is 269 Å². The molecule has 2 aromatic carbocycles. The minimum absolute atomic E-state index is 0.204. The van der Waals surface area contributed by atoms with Gasteiger partial charge in [-0.25, -0.2) is 14.8 Å². The van der Waals surface area contributed by atoms with Crippen molar-refractivity contribution in [1.29, 1.82) is 5.26 Å². The molecule has 5 rings (SSSR count). The highest BCUT2D eigenvalue weighted by Crippen LogP contribution is 2.37. The van der Waals surface area contributed by atoms with Crippen LogP contribution in [0.15, 0.2) is 41.6 Å². The van der Waals surface area contributed by atoms with Crippen LogP contribution in [0.1, 0.15) is 59.2 Å². The topological polar surface area (TPSA) is 112 Å². The van der Waals surface area contributed by atoms with Crippen LogP contribution in [0.25, 0.3) is 10.8 Å². The van der Waals surface area contributed by atoms with Gasteiger partial charge in [0.15, 0.2) is 5.16 Å². The summed E-state index contributed by atoms with van der Waals surface area (Å²) in [6.07, 6.45) is 2.49. The summed E-state index contributed by atoms with van der Waals surface area (Å²) < 4.78 is 11.5. The SMILES string of the molecule is CSc1nc2c(c(N3CCN(C(=O)OC(C)(C)C)C(CC#N)C3)n1)CCN(c1cc(OC(=O)C(C)(C)C)cc3ccccc13)C2. The Balaban J connectivity index is 1.45. The number of hydrogen-bond donors (Lipinski definition) is 0. The van der Waals surface area contributed by atoms with Crippen LogP contribution in [0.2, 0.25) is 0 Å². The molecular formula is C34H42N6O4S. The third-order valence-corrected chi connectivity index (χ3v) is 8.47. The van der Waals surface area contributed by atoms with E-state index in [0.29, 0.717) is 37.1 Å². The highest BCUT2D eigenvalue weighted by molar-refractivity contribution is 7.98. The first-order valence-corrected chi connectivity index (χ1v) is 16.5. The van der Waals surface area contributed by atoms with Gasteiger partial charge in [-0.1, -0.05) is 36.0 Å². The molecule has 1 unspecified atom stereocenters. The molecule has 238 valence electrons. The predicted molar refractivity (Wildman–Crippen MR) is 177 cm³/mol. The molecule has 0 aliphatic carbocycles. The lowest BCUT2D eigenvalue weighted by atomic mass is 9.97. The molecule has 2 aliphatic heterocycles. The number of amides is 1. The van der Waals surface area contributed by atoms with Crippen LogP contribution in [0.5, 0.6) is 5.75 Å². The number of anilines is 2. The molecule has 3 aromatic rings. The third kappa shape index (κ3) is 7.28. The molecule has 1 fully saturated rings. The van der Waals surface area contributed by atoms with Crippen molar-refractivity contribution in [2.45, 2.75) is 77.7 Å². The fourth-order valence-electron chi connectivity index (χ4n) is 5.68. The zero-order chi connectivity index (χ0) is 32.5. The van der Waals surface area contributed by atoms with Gasteiger partial charge in [-0.3, -0.25) is 4.79 Å². The molecule has 1 aromatic heterocycles. The number of carbonyl (C=O) groups is 2. The normalized spacial score (nSPS) is 17.1. The Kier molecular flexibility index (Phi) is 9.17. The maximum absolute atomic E-state index is 13.0. The van der Waals surface area contributed by atoms with Gasteiger partial charge in [-0.15, -0.1) is 0 Å². The Bertz CT molecular complexity index is 1640. The quantitative estimate of drug-likeness (QED) is 0.140. The summed E-state index contributed by atoms with van der Waals surface area (Å²) >= 11 is 1.49. The van der Waals surface area contributed by atoms with Gasteiger partial charge in [0.1, 0.15) is 17.2 Å². The first kappa shape index (κ1) is 32.4. The number of hydrogen-bond acceptors (Lipinski definition) is 10. The van der Waals surface area contributed by atoms with Crippen LogP contribution in [-0.4, -0.2) is 71.0 Å². The summed E-state index contributed by atoms with van der Waals surface area (Å²) in [6.45, 7) is 13.9. The molecule has 3 heterocycles. The largest absolute Gasteiger partial charge is 0.444 e. The number of fused-ring (bicyclic) bond motifs is 2. The van der Waals surface area contributed by atoms with Crippen molar-refractivity contribution < 1.29 is 19.1 Å². The average molecular weight is 631 g/mol. The number of nitriles is 1. The van der Waals surface area contributed by atoms with Crippen molar-refractivity contribution >= 4 is 46.1 Å². The molecule has 10 nitrogen and oxygen atoms in total. The van der Waals surface area contributed by atoms with E-state index in [1.807, 2.05) is 78.1 Å². The molecule has 1 atom stereocenters. The van der Waals surface area contributed by atoms with Crippen LogP contribution >= 0.6 is 11.8 Å². The first-order chi connectivity index (χ1) is 21.3. The van der Waals surface area contributed by atoms with E-state index in [9.17, 15) is 14.9 Å². The summed E-state index contributed by atoms with van der Waals surface area (Å²) in [5, 5.41) is 12.3. The molecule has 2 aliphatic rings.